The molecule has 0 fully saturated rings. The molecule has 2 nitrogen and oxygen atoms in total. The Labute approximate surface area is 159 Å². The van der Waals surface area contributed by atoms with Crippen molar-refractivity contribution in [1.29, 1.82) is 0 Å². The normalized spacial score (nSPS) is 9.19. The molecule has 0 radical (unpaired) electrons. The van der Waals surface area contributed by atoms with Crippen LogP contribution in [0.15, 0.2) is 78.9 Å². The number of benzene rings is 3. The highest BCUT2D eigenvalue weighted by molar-refractivity contribution is 5.75. The highest BCUT2D eigenvalue weighted by atomic mass is 19.1. The van der Waals surface area contributed by atoms with Gasteiger partial charge in [0.15, 0.2) is 0 Å². The van der Waals surface area contributed by atoms with E-state index in [4.69, 9.17) is 4.74 Å². The highest BCUT2D eigenvalue weighted by Gasteiger charge is 2.07. The molecule has 4 heteroatoms. The minimum absolute atomic E-state index is 0.500. The van der Waals surface area contributed by atoms with E-state index in [9.17, 15) is 13.6 Å². The maximum atomic E-state index is 11.1. The minimum atomic E-state index is 0.500. The van der Waals surface area contributed by atoms with Crippen molar-refractivity contribution >= 4 is 6.29 Å². The molecule has 0 aliphatic carbocycles. The fourth-order valence-electron chi connectivity index (χ4n) is 2.50. The molecule has 0 aromatic heterocycles. The predicted molar refractivity (Wildman–Crippen MR) is 106 cm³/mol. The number of rotatable bonds is 6. The highest BCUT2D eigenvalue weighted by Crippen LogP contribution is 2.24. The van der Waals surface area contributed by atoms with Crippen LogP contribution in [0.3, 0.4) is 0 Å². The van der Waals surface area contributed by atoms with Crippen LogP contribution in [0.25, 0.3) is 0 Å². The molecule has 0 aliphatic heterocycles. The fourth-order valence-corrected chi connectivity index (χ4v) is 2.50. The molecule has 0 heterocycles. The predicted octanol–water partition coefficient (Wildman–Crippen LogP) is 5.84. The zero-order valence-corrected chi connectivity index (χ0v) is 15.6. The summed E-state index contributed by atoms with van der Waals surface area (Å²) in [5, 5.41) is 0. The summed E-state index contributed by atoms with van der Waals surface area (Å²) in [7, 11) is 1.00. The molecule has 0 aliphatic rings. The van der Waals surface area contributed by atoms with E-state index in [1.807, 2.05) is 60.7 Å². The van der Waals surface area contributed by atoms with Crippen LogP contribution >= 0.6 is 0 Å². The third-order valence-electron chi connectivity index (χ3n) is 3.70. The van der Waals surface area contributed by atoms with Gasteiger partial charge < -0.3 is 4.74 Å². The van der Waals surface area contributed by atoms with Crippen LogP contribution in [0.4, 0.5) is 8.78 Å². The Morgan fingerprint density at radius 2 is 1.33 bits per heavy atom. The lowest BCUT2D eigenvalue weighted by atomic mass is 10.0. The number of hydrogen-bond acceptors (Lipinski definition) is 2. The van der Waals surface area contributed by atoms with Crippen molar-refractivity contribution in [2.45, 2.75) is 13.0 Å². The van der Waals surface area contributed by atoms with Gasteiger partial charge in [-0.25, -0.2) is 0 Å². The number of carbonyl (C=O) groups excluding carboxylic acids is 1. The quantitative estimate of drug-likeness (QED) is 0.510. The molecule has 142 valence electrons. The fraction of sp³-hybridized carbons (Fsp3) is 0.174. The molecule has 3 rings (SSSR count). The summed E-state index contributed by atoms with van der Waals surface area (Å²) < 4.78 is 25.0. The number of ether oxygens (including phenoxy) is 1. The van der Waals surface area contributed by atoms with Crippen LogP contribution in [0.1, 0.15) is 27.0 Å². The van der Waals surface area contributed by atoms with Gasteiger partial charge >= 0.3 is 0 Å². The van der Waals surface area contributed by atoms with Crippen LogP contribution in [-0.2, 0) is 13.0 Å². The van der Waals surface area contributed by atoms with Crippen molar-refractivity contribution in [3.05, 3.63) is 101 Å². The van der Waals surface area contributed by atoms with E-state index in [0.29, 0.717) is 26.5 Å². The third kappa shape index (κ3) is 7.40. The summed E-state index contributed by atoms with van der Waals surface area (Å²) in [6.45, 7) is 0.517. The van der Waals surface area contributed by atoms with E-state index < -0.39 is 0 Å². The molecule has 0 N–H and O–H groups in total. The molecule has 0 spiro atoms. The van der Waals surface area contributed by atoms with Gasteiger partial charge in [0.2, 0.25) is 0 Å². The van der Waals surface area contributed by atoms with Crippen molar-refractivity contribution in [3.8, 4) is 5.75 Å². The summed E-state index contributed by atoms with van der Waals surface area (Å²) in [5.41, 5.74) is 4.01. The number of carbonyl (C=O) groups is 1. The number of aldehydes is 1. The largest absolute Gasteiger partial charge is 0.489 e. The number of alkyl halides is 2. The van der Waals surface area contributed by atoms with Gasteiger partial charge in [-0.15, -0.1) is 0 Å². The van der Waals surface area contributed by atoms with Crippen LogP contribution < -0.4 is 4.74 Å². The molecule has 27 heavy (non-hydrogen) atoms. The number of halogens is 2. The smallest absolute Gasteiger partial charge is 0.150 e. The Morgan fingerprint density at radius 3 is 1.89 bits per heavy atom. The second-order valence-corrected chi connectivity index (χ2v) is 5.42. The van der Waals surface area contributed by atoms with Gasteiger partial charge in [0, 0.05) is 12.0 Å². The molecule has 0 atom stereocenters. The topological polar surface area (TPSA) is 26.3 Å². The zero-order chi connectivity index (χ0) is 19.9. The first kappa shape index (κ1) is 22.0. The standard InChI is InChI=1S/C21H18O2.2CH3F/c22-15-19-11-12-21(23-16-18-9-5-2-6-10-18)20(14-19)13-17-7-3-1-4-8-17;2*1-2/h1-12,14-15H,13,16H2;2*1H3. The second kappa shape index (κ2) is 13.2. The Hall–Kier alpha value is -3.01. The van der Waals surface area contributed by atoms with Crippen molar-refractivity contribution < 1.29 is 18.3 Å². The summed E-state index contributed by atoms with van der Waals surface area (Å²) >= 11 is 0. The van der Waals surface area contributed by atoms with Gasteiger partial charge in [0.25, 0.3) is 0 Å². The molecule has 0 unspecified atom stereocenters. The Bertz CT molecular complexity index is 775. The zero-order valence-electron chi connectivity index (χ0n) is 15.6. The summed E-state index contributed by atoms with van der Waals surface area (Å²) in [5.74, 6) is 0.823. The molecule has 0 saturated carbocycles. The molecule has 3 aromatic rings. The molecular formula is C23H24F2O2. The second-order valence-electron chi connectivity index (χ2n) is 5.42. The molecule has 0 saturated heterocycles. The van der Waals surface area contributed by atoms with E-state index >= 15 is 0 Å². The van der Waals surface area contributed by atoms with Gasteiger partial charge in [0.1, 0.15) is 18.6 Å². The lowest BCUT2D eigenvalue weighted by Gasteiger charge is -2.12. The number of hydrogen-bond donors (Lipinski definition) is 0. The van der Waals surface area contributed by atoms with E-state index in [0.717, 1.165) is 29.6 Å². The first-order valence-electron chi connectivity index (χ1n) is 8.39. The minimum Gasteiger partial charge on any atom is -0.489 e. The first-order valence-corrected chi connectivity index (χ1v) is 8.39. The maximum Gasteiger partial charge on any atom is 0.150 e. The van der Waals surface area contributed by atoms with E-state index in [1.165, 1.54) is 5.56 Å². The van der Waals surface area contributed by atoms with Gasteiger partial charge in [-0.3, -0.25) is 13.6 Å². The SMILES string of the molecule is CF.CF.O=Cc1ccc(OCc2ccccc2)c(Cc2ccccc2)c1. The molecular weight excluding hydrogens is 346 g/mol. The van der Waals surface area contributed by atoms with Gasteiger partial charge in [0.05, 0.1) is 14.4 Å². The summed E-state index contributed by atoms with van der Waals surface area (Å²) in [6, 6.07) is 25.8. The van der Waals surface area contributed by atoms with Crippen LogP contribution in [0, 0.1) is 0 Å². The van der Waals surface area contributed by atoms with E-state index in [2.05, 4.69) is 12.1 Å². The van der Waals surface area contributed by atoms with Crippen molar-refractivity contribution in [1.82, 2.24) is 0 Å². The molecule has 3 aromatic carbocycles. The third-order valence-corrected chi connectivity index (χ3v) is 3.70. The lowest BCUT2D eigenvalue weighted by Crippen LogP contribution is -2.00. The average molecular weight is 370 g/mol. The van der Waals surface area contributed by atoms with Gasteiger partial charge in [-0.05, 0) is 34.9 Å². The Balaban J connectivity index is 0.000000855. The molecule has 0 bridgehead atoms. The lowest BCUT2D eigenvalue weighted by molar-refractivity contribution is 0.112. The summed E-state index contributed by atoms with van der Waals surface area (Å²) in [4.78, 5) is 11.1. The van der Waals surface area contributed by atoms with Gasteiger partial charge in [-0.2, -0.15) is 0 Å². The van der Waals surface area contributed by atoms with Crippen molar-refractivity contribution in [3.63, 3.8) is 0 Å². The first-order chi connectivity index (χ1) is 13.3. The Morgan fingerprint density at radius 1 is 0.778 bits per heavy atom. The molecule has 0 amide bonds. The van der Waals surface area contributed by atoms with Crippen molar-refractivity contribution in [2.75, 3.05) is 14.4 Å². The monoisotopic (exact) mass is 370 g/mol. The van der Waals surface area contributed by atoms with E-state index in [1.54, 1.807) is 6.07 Å². The Kier molecular flexibility index (Phi) is 10.8. The average Bonchev–Trinajstić information content (AvgIpc) is 2.77. The van der Waals surface area contributed by atoms with Crippen molar-refractivity contribution in [2.24, 2.45) is 0 Å². The van der Waals surface area contributed by atoms with Crippen LogP contribution in [-0.4, -0.2) is 20.6 Å². The van der Waals surface area contributed by atoms with Crippen LogP contribution in [0.2, 0.25) is 0 Å². The van der Waals surface area contributed by atoms with E-state index in [-0.39, 0.29) is 0 Å². The summed E-state index contributed by atoms with van der Waals surface area (Å²) in [6.07, 6.45) is 1.61. The maximum absolute atomic E-state index is 11.1. The van der Waals surface area contributed by atoms with Gasteiger partial charge in [-0.1, -0.05) is 60.7 Å². The van der Waals surface area contributed by atoms with Crippen LogP contribution in [0.5, 0.6) is 5.75 Å².